The lowest BCUT2D eigenvalue weighted by atomic mass is 10.2. The fraction of sp³-hybridized carbons (Fsp3) is 0.0909. The molecule has 0 aliphatic carbocycles. The Morgan fingerprint density at radius 3 is 1.33 bits per heavy atom. The maximum atomic E-state index is 11.7. The Kier molecular flexibility index (Phi) is 6.00. The molecule has 27 heavy (non-hydrogen) atoms. The third-order valence-corrected chi connectivity index (χ3v) is 6.55. The van der Waals surface area contributed by atoms with E-state index in [4.69, 9.17) is 9.47 Å². The van der Waals surface area contributed by atoms with Gasteiger partial charge in [-0.15, -0.1) is 0 Å². The van der Waals surface area contributed by atoms with Gasteiger partial charge in [0.2, 0.25) is 0 Å². The van der Waals surface area contributed by atoms with E-state index in [9.17, 15) is 9.59 Å². The van der Waals surface area contributed by atoms with E-state index in [1.165, 1.54) is 19.5 Å². The van der Waals surface area contributed by atoms with Gasteiger partial charge in [-0.2, -0.15) is 0 Å². The molecule has 136 valence electrons. The summed E-state index contributed by atoms with van der Waals surface area (Å²) in [6.45, 7) is 0. The van der Waals surface area contributed by atoms with E-state index in [0.717, 1.165) is 10.6 Å². The van der Waals surface area contributed by atoms with Gasteiger partial charge >= 0.3 is 11.9 Å². The Balaban J connectivity index is 2.02. The molecule has 3 aromatic carbocycles. The van der Waals surface area contributed by atoms with Crippen LogP contribution >= 0.6 is 7.92 Å². The SMILES string of the molecule is COC(=O)c1ccc(P(c2ccccc2)c2ccc(C(=O)OC)cc2)cc1. The first-order valence-electron chi connectivity index (χ1n) is 8.36. The summed E-state index contributed by atoms with van der Waals surface area (Å²) in [7, 11) is 1.92. The summed E-state index contributed by atoms with van der Waals surface area (Å²) in [6.07, 6.45) is 0. The average molecular weight is 378 g/mol. The van der Waals surface area contributed by atoms with Gasteiger partial charge in [0, 0.05) is 0 Å². The van der Waals surface area contributed by atoms with Crippen LogP contribution in [0.15, 0.2) is 78.9 Å². The number of methoxy groups -OCH3 is 2. The topological polar surface area (TPSA) is 52.6 Å². The fourth-order valence-electron chi connectivity index (χ4n) is 2.75. The minimum absolute atomic E-state index is 0.354. The quantitative estimate of drug-likeness (QED) is 0.506. The zero-order chi connectivity index (χ0) is 19.2. The molecule has 0 unspecified atom stereocenters. The Morgan fingerprint density at radius 2 is 0.963 bits per heavy atom. The molecule has 0 bridgehead atoms. The van der Waals surface area contributed by atoms with Crippen LogP contribution in [-0.2, 0) is 9.47 Å². The molecule has 0 aromatic heterocycles. The molecule has 5 heteroatoms. The molecule has 0 saturated heterocycles. The van der Waals surface area contributed by atoms with Gasteiger partial charge in [0.15, 0.2) is 0 Å². The van der Waals surface area contributed by atoms with Crippen LogP contribution in [0.1, 0.15) is 20.7 Å². The van der Waals surface area contributed by atoms with Crippen molar-refractivity contribution in [2.45, 2.75) is 0 Å². The molecule has 0 heterocycles. The second-order valence-electron chi connectivity index (χ2n) is 5.75. The van der Waals surface area contributed by atoms with E-state index in [1.807, 2.05) is 42.5 Å². The molecule has 0 saturated carbocycles. The Bertz CT molecular complexity index is 859. The van der Waals surface area contributed by atoms with Gasteiger partial charge in [-0.05, 0) is 48.1 Å². The van der Waals surface area contributed by atoms with Crippen LogP contribution in [0.3, 0.4) is 0 Å². The molecular weight excluding hydrogens is 359 g/mol. The van der Waals surface area contributed by atoms with E-state index in [-0.39, 0.29) is 11.9 Å². The van der Waals surface area contributed by atoms with Crippen LogP contribution in [0.4, 0.5) is 0 Å². The summed E-state index contributed by atoms with van der Waals surface area (Å²) in [5, 5.41) is 3.40. The number of benzene rings is 3. The molecule has 0 atom stereocenters. The predicted molar refractivity (Wildman–Crippen MR) is 108 cm³/mol. The van der Waals surface area contributed by atoms with Crippen LogP contribution in [0.5, 0.6) is 0 Å². The Labute approximate surface area is 159 Å². The molecule has 0 spiro atoms. The van der Waals surface area contributed by atoms with E-state index in [0.29, 0.717) is 11.1 Å². The van der Waals surface area contributed by atoms with Crippen molar-refractivity contribution in [3.63, 3.8) is 0 Å². The highest BCUT2D eigenvalue weighted by Gasteiger charge is 2.18. The Hall–Kier alpha value is -2.97. The van der Waals surface area contributed by atoms with E-state index < -0.39 is 7.92 Å². The van der Waals surface area contributed by atoms with Gasteiger partial charge in [-0.25, -0.2) is 9.59 Å². The summed E-state index contributed by atoms with van der Waals surface area (Å²) < 4.78 is 9.55. The summed E-state index contributed by atoms with van der Waals surface area (Å²) in [6, 6.07) is 25.1. The lowest BCUT2D eigenvalue weighted by Gasteiger charge is -2.19. The zero-order valence-corrected chi connectivity index (χ0v) is 16.0. The lowest BCUT2D eigenvalue weighted by Crippen LogP contribution is -2.21. The molecular formula is C22H19O4P. The summed E-state index contributed by atoms with van der Waals surface area (Å²) >= 11 is 0. The summed E-state index contributed by atoms with van der Waals surface area (Å²) in [4.78, 5) is 23.4. The molecule has 0 aliphatic heterocycles. The number of hydrogen-bond acceptors (Lipinski definition) is 4. The minimum Gasteiger partial charge on any atom is -0.465 e. The van der Waals surface area contributed by atoms with Crippen LogP contribution in [0.2, 0.25) is 0 Å². The second-order valence-corrected chi connectivity index (χ2v) is 7.97. The number of esters is 2. The highest BCUT2D eigenvalue weighted by molar-refractivity contribution is 7.79. The normalized spacial score (nSPS) is 10.5. The molecule has 4 nitrogen and oxygen atoms in total. The molecule has 3 aromatic rings. The van der Waals surface area contributed by atoms with Crippen molar-refractivity contribution in [3.8, 4) is 0 Å². The fourth-order valence-corrected chi connectivity index (χ4v) is 5.01. The number of rotatable bonds is 5. The van der Waals surface area contributed by atoms with Gasteiger partial charge in [-0.1, -0.05) is 54.6 Å². The first-order valence-corrected chi connectivity index (χ1v) is 9.70. The minimum atomic E-state index is -0.822. The van der Waals surface area contributed by atoms with Gasteiger partial charge in [0.25, 0.3) is 0 Å². The van der Waals surface area contributed by atoms with Gasteiger partial charge in [0.1, 0.15) is 0 Å². The third-order valence-electron chi connectivity index (χ3n) is 4.11. The molecule has 0 N–H and O–H groups in total. The number of hydrogen-bond donors (Lipinski definition) is 0. The first-order chi connectivity index (χ1) is 13.1. The van der Waals surface area contributed by atoms with Gasteiger partial charge in [0.05, 0.1) is 25.3 Å². The zero-order valence-electron chi connectivity index (χ0n) is 15.1. The van der Waals surface area contributed by atoms with Crippen molar-refractivity contribution < 1.29 is 19.1 Å². The number of ether oxygens (including phenoxy) is 2. The maximum absolute atomic E-state index is 11.7. The molecule has 0 amide bonds. The summed E-state index contributed by atoms with van der Waals surface area (Å²) in [5.41, 5.74) is 1.04. The van der Waals surface area contributed by atoms with Crippen LogP contribution in [-0.4, -0.2) is 26.2 Å². The first kappa shape index (κ1) is 18.8. The van der Waals surface area contributed by atoms with Crippen molar-refractivity contribution >= 4 is 35.8 Å². The smallest absolute Gasteiger partial charge is 0.337 e. The number of carbonyl (C=O) groups excluding carboxylic acids is 2. The molecule has 0 radical (unpaired) electrons. The van der Waals surface area contributed by atoms with Crippen molar-refractivity contribution in [1.29, 1.82) is 0 Å². The van der Waals surface area contributed by atoms with E-state index in [2.05, 4.69) is 12.1 Å². The second kappa shape index (κ2) is 8.61. The van der Waals surface area contributed by atoms with Crippen LogP contribution in [0, 0.1) is 0 Å². The number of carbonyl (C=O) groups is 2. The van der Waals surface area contributed by atoms with Crippen molar-refractivity contribution in [1.82, 2.24) is 0 Å². The predicted octanol–water partition coefficient (Wildman–Crippen LogP) is 3.02. The average Bonchev–Trinajstić information content (AvgIpc) is 2.74. The lowest BCUT2D eigenvalue weighted by molar-refractivity contribution is 0.0592. The third kappa shape index (κ3) is 4.24. The standard InChI is InChI=1S/C22H19O4P/c1-25-21(23)16-8-12-19(13-9-16)27(18-6-4-3-5-7-18)20-14-10-17(11-15-20)22(24)26-2/h3-15H,1-2H3. The summed E-state index contributed by atoms with van der Waals surface area (Å²) in [5.74, 6) is -0.707. The van der Waals surface area contributed by atoms with Crippen LogP contribution in [0.25, 0.3) is 0 Å². The molecule has 0 aliphatic rings. The largest absolute Gasteiger partial charge is 0.465 e. The van der Waals surface area contributed by atoms with Crippen molar-refractivity contribution in [2.24, 2.45) is 0 Å². The highest BCUT2D eigenvalue weighted by atomic mass is 31.1. The monoisotopic (exact) mass is 378 g/mol. The van der Waals surface area contributed by atoms with E-state index >= 15 is 0 Å². The van der Waals surface area contributed by atoms with Gasteiger partial charge < -0.3 is 9.47 Å². The van der Waals surface area contributed by atoms with Crippen molar-refractivity contribution in [2.75, 3.05) is 14.2 Å². The molecule has 0 fully saturated rings. The maximum Gasteiger partial charge on any atom is 0.337 e. The van der Waals surface area contributed by atoms with Crippen LogP contribution < -0.4 is 15.9 Å². The van der Waals surface area contributed by atoms with E-state index in [1.54, 1.807) is 24.3 Å². The highest BCUT2D eigenvalue weighted by Crippen LogP contribution is 2.32. The van der Waals surface area contributed by atoms with Gasteiger partial charge in [-0.3, -0.25) is 0 Å². The molecule has 3 rings (SSSR count). The van der Waals surface area contributed by atoms with Crippen molar-refractivity contribution in [3.05, 3.63) is 90.0 Å². The Morgan fingerprint density at radius 1 is 0.593 bits per heavy atom.